The molecule has 34 heavy (non-hydrogen) atoms. The molecular weight excluding hydrogens is 450 g/mol. The monoisotopic (exact) mass is 475 g/mol. The standard InChI is InChI=1S/C27H25N3O3.ClH/c1-32-24-15-19-12-14-29(17-21(19)16-25(24)33-2)26(31)11-10-20-18-30(22-7-4-3-5-8-22)27-23(20)9-6-13-28-27;/h3-11,13,15-16,18H,12,14,17H2,1-2H3;1H/b11-10+;. The second-order valence-electron chi connectivity index (χ2n) is 7.98. The second-order valence-corrected chi connectivity index (χ2v) is 7.98. The van der Waals surface area contributed by atoms with Crippen LogP contribution in [0.5, 0.6) is 11.5 Å². The first-order valence-corrected chi connectivity index (χ1v) is 10.9. The van der Waals surface area contributed by atoms with E-state index >= 15 is 0 Å². The van der Waals surface area contributed by atoms with E-state index in [1.165, 1.54) is 5.56 Å². The molecule has 174 valence electrons. The van der Waals surface area contributed by atoms with Gasteiger partial charge >= 0.3 is 0 Å². The third kappa shape index (κ3) is 4.37. The van der Waals surface area contributed by atoms with Gasteiger partial charge in [-0.2, -0.15) is 0 Å². The number of ether oxygens (including phenoxy) is 2. The number of aromatic nitrogens is 2. The summed E-state index contributed by atoms with van der Waals surface area (Å²) in [6.45, 7) is 1.21. The van der Waals surface area contributed by atoms with Gasteiger partial charge in [-0.3, -0.25) is 4.79 Å². The molecule has 0 unspecified atom stereocenters. The van der Waals surface area contributed by atoms with Crippen molar-refractivity contribution in [3.05, 3.63) is 89.8 Å². The molecule has 0 fully saturated rings. The van der Waals surface area contributed by atoms with Crippen LogP contribution in [0.15, 0.2) is 73.1 Å². The highest BCUT2D eigenvalue weighted by Crippen LogP contribution is 2.33. The number of amides is 1. The van der Waals surface area contributed by atoms with Gasteiger partial charge in [0, 0.05) is 48.2 Å². The lowest BCUT2D eigenvalue weighted by atomic mass is 9.98. The SMILES string of the molecule is COc1cc2c(cc1OC)CN(C(=O)/C=C/c1cn(-c3ccccc3)c3ncccc13)CC2.Cl. The first kappa shape index (κ1) is 23.4. The summed E-state index contributed by atoms with van der Waals surface area (Å²) in [5.41, 5.74) is 5.13. The van der Waals surface area contributed by atoms with Gasteiger partial charge in [0.1, 0.15) is 5.65 Å². The number of halogens is 1. The van der Waals surface area contributed by atoms with Gasteiger partial charge < -0.3 is 18.9 Å². The maximum atomic E-state index is 13.0. The molecule has 0 saturated heterocycles. The van der Waals surface area contributed by atoms with Gasteiger partial charge in [0.2, 0.25) is 5.91 Å². The van der Waals surface area contributed by atoms with Crippen molar-refractivity contribution in [1.29, 1.82) is 0 Å². The van der Waals surface area contributed by atoms with Gasteiger partial charge in [-0.05, 0) is 60.0 Å². The van der Waals surface area contributed by atoms with Gasteiger partial charge in [-0.25, -0.2) is 4.98 Å². The van der Waals surface area contributed by atoms with Crippen molar-refractivity contribution in [2.24, 2.45) is 0 Å². The van der Waals surface area contributed by atoms with Crippen molar-refractivity contribution in [3.63, 3.8) is 0 Å². The molecule has 1 aliphatic rings. The van der Waals surface area contributed by atoms with E-state index in [-0.39, 0.29) is 18.3 Å². The van der Waals surface area contributed by atoms with Crippen LogP contribution in [0, 0.1) is 0 Å². The topological polar surface area (TPSA) is 56.6 Å². The van der Waals surface area contributed by atoms with Crippen molar-refractivity contribution in [1.82, 2.24) is 14.5 Å². The lowest BCUT2D eigenvalue weighted by Gasteiger charge is -2.28. The van der Waals surface area contributed by atoms with Crippen LogP contribution < -0.4 is 9.47 Å². The van der Waals surface area contributed by atoms with E-state index in [9.17, 15) is 4.79 Å². The van der Waals surface area contributed by atoms with Crippen molar-refractivity contribution < 1.29 is 14.3 Å². The quantitative estimate of drug-likeness (QED) is 0.378. The predicted octanol–water partition coefficient (Wildman–Crippen LogP) is 5.06. The van der Waals surface area contributed by atoms with Gasteiger partial charge in [0.25, 0.3) is 0 Å². The Bertz CT molecular complexity index is 1350. The van der Waals surface area contributed by atoms with Crippen LogP contribution in [0.1, 0.15) is 16.7 Å². The highest BCUT2D eigenvalue weighted by molar-refractivity contribution is 5.96. The summed E-state index contributed by atoms with van der Waals surface area (Å²) >= 11 is 0. The lowest BCUT2D eigenvalue weighted by Crippen LogP contribution is -2.34. The molecule has 0 saturated carbocycles. The Morgan fingerprint density at radius 3 is 2.47 bits per heavy atom. The Balaban J connectivity index is 0.00000274. The van der Waals surface area contributed by atoms with Crippen LogP contribution in [0.4, 0.5) is 0 Å². The number of carbonyl (C=O) groups is 1. The minimum atomic E-state index is -0.0139. The Morgan fingerprint density at radius 1 is 1.00 bits per heavy atom. The van der Waals surface area contributed by atoms with E-state index in [2.05, 4.69) is 9.55 Å². The van der Waals surface area contributed by atoms with Crippen LogP contribution in [-0.4, -0.2) is 41.1 Å². The van der Waals surface area contributed by atoms with E-state index in [4.69, 9.17) is 9.47 Å². The summed E-state index contributed by atoms with van der Waals surface area (Å²) in [6.07, 6.45) is 8.14. The molecule has 5 rings (SSSR count). The number of hydrogen-bond acceptors (Lipinski definition) is 4. The van der Waals surface area contributed by atoms with Gasteiger partial charge in [-0.1, -0.05) is 18.2 Å². The van der Waals surface area contributed by atoms with Gasteiger partial charge in [0.05, 0.1) is 14.2 Å². The molecule has 7 heteroatoms. The fraction of sp³-hybridized carbons (Fsp3) is 0.185. The van der Waals surface area contributed by atoms with Gasteiger partial charge in [0.15, 0.2) is 11.5 Å². The molecule has 0 N–H and O–H groups in total. The van der Waals surface area contributed by atoms with Crippen LogP contribution in [0.3, 0.4) is 0 Å². The summed E-state index contributed by atoms with van der Waals surface area (Å²) < 4.78 is 12.9. The smallest absolute Gasteiger partial charge is 0.246 e. The summed E-state index contributed by atoms with van der Waals surface area (Å²) in [7, 11) is 3.26. The molecule has 0 radical (unpaired) electrons. The third-order valence-electron chi connectivity index (χ3n) is 6.06. The van der Waals surface area contributed by atoms with E-state index in [0.717, 1.165) is 40.0 Å². The highest BCUT2D eigenvalue weighted by Gasteiger charge is 2.22. The Labute approximate surface area is 204 Å². The minimum Gasteiger partial charge on any atom is -0.493 e. The molecule has 3 heterocycles. The number of para-hydroxylation sites is 1. The lowest BCUT2D eigenvalue weighted by molar-refractivity contribution is -0.126. The van der Waals surface area contributed by atoms with E-state index < -0.39 is 0 Å². The van der Waals surface area contributed by atoms with Crippen molar-refractivity contribution in [2.75, 3.05) is 20.8 Å². The summed E-state index contributed by atoms with van der Waals surface area (Å²) in [4.78, 5) is 19.5. The number of fused-ring (bicyclic) bond motifs is 2. The Hall–Kier alpha value is -3.77. The van der Waals surface area contributed by atoms with E-state index in [1.54, 1.807) is 26.5 Å². The number of carbonyl (C=O) groups excluding carboxylic acids is 1. The molecule has 2 aromatic carbocycles. The number of pyridine rings is 1. The molecular formula is C27H26ClN3O3. The molecule has 0 bridgehead atoms. The number of nitrogens with zero attached hydrogens (tertiary/aromatic N) is 3. The summed E-state index contributed by atoms with van der Waals surface area (Å²) in [5.74, 6) is 1.39. The van der Waals surface area contributed by atoms with E-state index in [0.29, 0.717) is 18.8 Å². The average molecular weight is 476 g/mol. The van der Waals surface area contributed by atoms with Crippen LogP contribution in [-0.2, 0) is 17.8 Å². The van der Waals surface area contributed by atoms with E-state index in [1.807, 2.05) is 71.8 Å². The number of benzene rings is 2. The minimum absolute atomic E-state index is 0. The molecule has 6 nitrogen and oxygen atoms in total. The first-order chi connectivity index (χ1) is 16.2. The van der Waals surface area contributed by atoms with Crippen LogP contribution in [0.2, 0.25) is 0 Å². The average Bonchev–Trinajstić information content (AvgIpc) is 3.25. The maximum absolute atomic E-state index is 13.0. The Morgan fingerprint density at radius 2 is 1.74 bits per heavy atom. The molecule has 0 atom stereocenters. The van der Waals surface area contributed by atoms with Crippen LogP contribution >= 0.6 is 12.4 Å². The fourth-order valence-corrected chi connectivity index (χ4v) is 4.34. The molecule has 0 aliphatic carbocycles. The van der Waals surface area contributed by atoms with Crippen LogP contribution in [0.25, 0.3) is 22.8 Å². The second kappa shape index (κ2) is 10.0. The molecule has 2 aromatic heterocycles. The highest BCUT2D eigenvalue weighted by atomic mass is 35.5. The zero-order valence-electron chi connectivity index (χ0n) is 19.1. The first-order valence-electron chi connectivity index (χ1n) is 10.9. The molecule has 1 amide bonds. The number of rotatable bonds is 5. The molecule has 1 aliphatic heterocycles. The largest absolute Gasteiger partial charge is 0.493 e. The normalized spacial score (nSPS) is 12.9. The summed E-state index contributed by atoms with van der Waals surface area (Å²) in [6, 6.07) is 18.0. The maximum Gasteiger partial charge on any atom is 0.246 e. The zero-order chi connectivity index (χ0) is 22.8. The Kier molecular flexibility index (Phi) is 6.89. The zero-order valence-corrected chi connectivity index (χ0v) is 19.9. The number of hydrogen-bond donors (Lipinski definition) is 0. The molecule has 4 aromatic rings. The third-order valence-corrected chi connectivity index (χ3v) is 6.06. The molecule has 0 spiro atoms. The van der Waals surface area contributed by atoms with Gasteiger partial charge in [-0.15, -0.1) is 12.4 Å². The van der Waals surface area contributed by atoms with Crippen molar-refractivity contribution in [3.8, 4) is 17.2 Å². The fourth-order valence-electron chi connectivity index (χ4n) is 4.34. The van der Waals surface area contributed by atoms with Crippen molar-refractivity contribution in [2.45, 2.75) is 13.0 Å². The van der Waals surface area contributed by atoms with Crippen molar-refractivity contribution >= 4 is 35.4 Å². The summed E-state index contributed by atoms with van der Waals surface area (Å²) in [5, 5.41) is 1.01. The number of methoxy groups -OCH3 is 2. The predicted molar refractivity (Wildman–Crippen MR) is 136 cm³/mol.